The second-order valence-corrected chi connectivity index (χ2v) is 13.0. The SMILES string of the molecule is CC1=C2C[C@H]3[C@@H](CC=C4C[C@@H](O)CC[C@@]43C)[C@@H]2CC[C@]12O[C@@H]1C[C@H](C)CN(C(=O)CN)[C@H]1[C@H]2C. The molecule has 3 N–H and O–H groups in total. The first kappa shape index (κ1) is 23.2. The summed E-state index contributed by atoms with van der Waals surface area (Å²) in [6.45, 7) is 10.3. The van der Waals surface area contributed by atoms with Crippen molar-refractivity contribution in [3.05, 3.63) is 22.8 Å². The Morgan fingerprint density at radius 3 is 2.82 bits per heavy atom. The van der Waals surface area contributed by atoms with Gasteiger partial charge in [0.1, 0.15) is 0 Å². The van der Waals surface area contributed by atoms with Gasteiger partial charge in [-0.25, -0.2) is 0 Å². The largest absolute Gasteiger partial charge is 0.393 e. The fraction of sp³-hybridized carbons (Fsp3) is 0.828. The maximum atomic E-state index is 12.8. The molecular weight excluding hydrogens is 424 g/mol. The standard InChI is InChI=1S/C29H44N2O3/c1-16-11-25-27(31(15-16)26(33)14-30)18(3)29(34-25)10-8-21-22-6-5-19-12-20(32)7-9-28(19,4)24(22)13-23(21)17(29)2/h5,16,18,20-22,24-25,27,32H,6-15,30H2,1-4H3/t16-,18+,20-,21-,22-,24-,25+,27-,28-,29-/m0/s1. The van der Waals surface area contributed by atoms with Gasteiger partial charge in [-0.2, -0.15) is 0 Å². The Hall–Kier alpha value is -1.17. The number of likely N-dealkylation sites (tertiary alicyclic amines) is 1. The molecule has 10 atom stereocenters. The summed E-state index contributed by atoms with van der Waals surface area (Å²) in [7, 11) is 0. The molecule has 0 aromatic rings. The predicted octanol–water partition coefficient (Wildman–Crippen LogP) is 4.20. The molecule has 4 fully saturated rings. The highest BCUT2D eigenvalue weighted by atomic mass is 16.5. The molecule has 5 nitrogen and oxygen atoms in total. The third-order valence-electron chi connectivity index (χ3n) is 11.5. The number of allylic oxidation sites excluding steroid dienone is 2. The van der Waals surface area contributed by atoms with E-state index >= 15 is 0 Å². The van der Waals surface area contributed by atoms with Gasteiger partial charge in [0.25, 0.3) is 0 Å². The Labute approximate surface area is 205 Å². The van der Waals surface area contributed by atoms with Gasteiger partial charge < -0.3 is 20.5 Å². The molecule has 5 heteroatoms. The molecule has 0 unspecified atom stereocenters. The van der Waals surface area contributed by atoms with Gasteiger partial charge in [-0.1, -0.05) is 38.0 Å². The van der Waals surface area contributed by atoms with Crippen LogP contribution in [0.25, 0.3) is 0 Å². The Kier molecular flexibility index (Phi) is 5.41. The number of hydrogen-bond donors (Lipinski definition) is 2. The van der Waals surface area contributed by atoms with Crippen molar-refractivity contribution in [1.29, 1.82) is 0 Å². The number of amides is 1. The topological polar surface area (TPSA) is 75.8 Å². The monoisotopic (exact) mass is 468 g/mol. The molecular formula is C29H44N2O3. The van der Waals surface area contributed by atoms with Crippen LogP contribution in [-0.4, -0.2) is 52.9 Å². The molecule has 4 aliphatic carbocycles. The van der Waals surface area contributed by atoms with E-state index in [1.165, 1.54) is 30.4 Å². The van der Waals surface area contributed by atoms with Crippen molar-refractivity contribution in [2.45, 2.75) is 103 Å². The number of ether oxygens (including phenoxy) is 1. The van der Waals surface area contributed by atoms with Gasteiger partial charge in [0, 0.05) is 12.5 Å². The first-order valence-electron chi connectivity index (χ1n) is 13.9. The second-order valence-electron chi connectivity index (χ2n) is 13.0. The minimum absolute atomic E-state index is 0.0749. The lowest BCUT2D eigenvalue weighted by atomic mass is 9.56. The van der Waals surface area contributed by atoms with Crippen LogP contribution in [0.15, 0.2) is 22.8 Å². The summed E-state index contributed by atoms with van der Waals surface area (Å²) in [4.78, 5) is 14.9. The van der Waals surface area contributed by atoms with Gasteiger partial charge in [0.15, 0.2) is 0 Å². The van der Waals surface area contributed by atoms with Gasteiger partial charge in [0.05, 0.1) is 30.4 Å². The number of piperidine rings is 1. The van der Waals surface area contributed by atoms with Crippen LogP contribution >= 0.6 is 0 Å². The van der Waals surface area contributed by atoms with Gasteiger partial charge in [-0.3, -0.25) is 4.79 Å². The molecule has 2 saturated carbocycles. The van der Waals surface area contributed by atoms with Crippen LogP contribution < -0.4 is 5.73 Å². The Bertz CT molecular complexity index is 942. The summed E-state index contributed by atoms with van der Waals surface area (Å²) < 4.78 is 7.08. The summed E-state index contributed by atoms with van der Waals surface area (Å²) in [5.41, 5.74) is 10.5. The zero-order valence-electron chi connectivity index (χ0n) is 21.6. The summed E-state index contributed by atoms with van der Waals surface area (Å²) in [5, 5.41) is 10.3. The van der Waals surface area contributed by atoms with Crippen molar-refractivity contribution in [3.63, 3.8) is 0 Å². The normalized spacial score (nSPS) is 49.9. The lowest BCUT2D eigenvalue weighted by molar-refractivity contribution is -0.138. The molecule has 0 aromatic carbocycles. The minimum Gasteiger partial charge on any atom is -0.393 e. The van der Waals surface area contributed by atoms with E-state index in [4.69, 9.17) is 10.5 Å². The van der Waals surface area contributed by atoms with Crippen LogP contribution in [0.1, 0.15) is 79.1 Å². The first-order chi connectivity index (χ1) is 16.2. The van der Waals surface area contributed by atoms with E-state index in [1.54, 1.807) is 5.57 Å². The number of carbonyl (C=O) groups is 1. The van der Waals surface area contributed by atoms with E-state index < -0.39 is 0 Å². The first-order valence-corrected chi connectivity index (χ1v) is 13.9. The summed E-state index contributed by atoms with van der Waals surface area (Å²) in [6, 6.07) is 0.147. The van der Waals surface area contributed by atoms with Crippen LogP contribution in [0.5, 0.6) is 0 Å². The highest BCUT2D eigenvalue weighted by Gasteiger charge is 2.62. The number of hydrogen-bond acceptors (Lipinski definition) is 4. The van der Waals surface area contributed by atoms with Crippen LogP contribution in [0, 0.1) is 35.0 Å². The highest BCUT2D eigenvalue weighted by molar-refractivity contribution is 5.78. The number of carbonyl (C=O) groups excluding carboxylic acids is 1. The average molecular weight is 469 g/mol. The lowest BCUT2D eigenvalue weighted by Crippen LogP contribution is -2.55. The number of fused-ring (bicyclic) bond motifs is 6. The van der Waals surface area contributed by atoms with Crippen molar-refractivity contribution in [2.75, 3.05) is 13.1 Å². The lowest BCUT2D eigenvalue weighted by Gasteiger charge is -2.49. The Balaban J connectivity index is 1.34. The molecule has 2 aliphatic heterocycles. The molecule has 1 spiro atoms. The molecule has 0 aromatic heterocycles. The minimum atomic E-state index is -0.230. The Morgan fingerprint density at radius 2 is 2.06 bits per heavy atom. The molecule has 2 heterocycles. The van der Waals surface area contributed by atoms with E-state index in [9.17, 15) is 9.90 Å². The maximum absolute atomic E-state index is 12.8. The highest BCUT2D eigenvalue weighted by Crippen LogP contribution is 2.65. The van der Waals surface area contributed by atoms with E-state index in [0.717, 1.165) is 44.6 Å². The molecule has 6 rings (SSSR count). The molecule has 0 bridgehead atoms. The van der Waals surface area contributed by atoms with Crippen LogP contribution in [0.3, 0.4) is 0 Å². The number of aliphatic hydroxyl groups excluding tert-OH is 1. The van der Waals surface area contributed by atoms with Crippen molar-refractivity contribution < 1.29 is 14.6 Å². The maximum Gasteiger partial charge on any atom is 0.236 e. The molecule has 6 aliphatic rings. The van der Waals surface area contributed by atoms with Crippen molar-refractivity contribution in [1.82, 2.24) is 4.90 Å². The molecule has 188 valence electrons. The summed E-state index contributed by atoms with van der Waals surface area (Å²) in [6.07, 6.45) is 11.1. The zero-order valence-corrected chi connectivity index (χ0v) is 21.6. The zero-order chi connectivity index (χ0) is 24.0. The van der Waals surface area contributed by atoms with Crippen LogP contribution in [-0.2, 0) is 9.53 Å². The predicted molar refractivity (Wildman–Crippen MR) is 133 cm³/mol. The molecule has 1 amide bonds. The van der Waals surface area contributed by atoms with E-state index in [0.29, 0.717) is 23.7 Å². The van der Waals surface area contributed by atoms with E-state index in [2.05, 4.69) is 38.7 Å². The van der Waals surface area contributed by atoms with Crippen LogP contribution in [0.2, 0.25) is 0 Å². The van der Waals surface area contributed by atoms with Crippen molar-refractivity contribution in [2.24, 2.45) is 40.7 Å². The van der Waals surface area contributed by atoms with Gasteiger partial charge in [-0.15, -0.1) is 0 Å². The van der Waals surface area contributed by atoms with Crippen molar-refractivity contribution in [3.8, 4) is 0 Å². The molecule has 2 saturated heterocycles. The van der Waals surface area contributed by atoms with Gasteiger partial charge in [-0.05, 0) is 93.0 Å². The summed E-state index contributed by atoms with van der Waals surface area (Å²) >= 11 is 0. The third kappa shape index (κ3) is 3.05. The van der Waals surface area contributed by atoms with Crippen molar-refractivity contribution >= 4 is 5.91 Å². The van der Waals surface area contributed by atoms with E-state index in [1.807, 2.05) is 0 Å². The molecule has 34 heavy (non-hydrogen) atoms. The Morgan fingerprint density at radius 1 is 1.26 bits per heavy atom. The number of nitrogens with two attached hydrogens (primary N) is 1. The second kappa shape index (κ2) is 7.91. The van der Waals surface area contributed by atoms with Crippen LogP contribution in [0.4, 0.5) is 0 Å². The smallest absolute Gasteiger partial charge is 0.236 e. The number of rotatable bonds is 1. The fourth-order valence-corrected chi connectivity index (χ4v) is 9.72. The number of nitrogens with zero attached hydrogens (tertiary/aromatic N) is 1. The quantitative estimate of drug-likeness (QED) is 0.566. The molecule has 0 radical (unpaired) electrons. The fourth-order valence-electron chi connectivity index (χ4n) is 9.72. The number of aliphatic hydroxyl groups is 1. The third-order valence-corrected chi connectivity index (χ3v) is 11.5. The van der Waals surface area contributed by atoms with Gasteiger partial charge in [0.2, 0.25) is 5.91 Å². The van der Waals surface area contributed by atoms with Gasteiger partial charge >= 0.3 is 0 Å². The average Bonchev–Trinajstić information content (AvgIpc) is 3.33. The van der Waals surface area contributed by atoms with E-state index in [-0.39, 0.29) is 41.7 Å². The summed E-state index contributed by atoms with van der Waals surface area (Å²) in [5.74, 6) is 2.93.